The summed E-state index contributed by atoms with van der Waals surface area (Å²) in [5, 5.41) is 12.0. The predicted octanol–water partition coefficient (Wildman–Crippen LogP) is 6.41. The van der Waals surface area contributed by atoms with E-state index in [9.17, 15) is 10.1 Å². The monoisotopic (exact) mass is 433 g/mol. The molecule has 0 saturated heterocycles. The molecule has 134 valence electrons. The fourth-order valence-electron chi connectivity index (χ4n) is 2.02. The molecule has 0 radical (unpaired) electrons. The molecule has 0 spiro atoms. The number of hydrogen-bond acceptors (Lipinski definition) is 3. The molecular weight excluding hydrogens is 418 g/mol. The largest absolute Gasteiger partial charge is 0.487 e. The highest BCUT2D eigenvalue weighted by Gasteiger charge is 2.10. The second-order valence-corrected chi connectivity index (χ2v) is 6.23. The van der Waals surface area contributed by atoms with Crippen molar-refractivity contribution in [2.24, 2.45) is 0 Å². The van der Waals surface area contributed by atoms with Crippen LogP contribution in [0.5, 0.6) is 5.75 Å². The lowest BCUT2D eigenvalue weighted by Crippen LogP contribution is -1.96. The third-order valence-electron chi connectivity index (χ3n) is 3.36. The Balaban J connectivity index is 0.000000254. The van der Waals surface area contributed by atoms with Gasteiger partial charge in [-0.1, -0.05) is 88.2 Å². The van der Waals surface area contributed by atoms with E-state index in [2.05, 4.69) is 28.1 Å². The molecule has 3 rings (SSSR count). The van der Waals surface area contributed by atoms with Crippen LogP contribution >= 0.6 is 27.5 Å². The summed E-state index contributed by atoms with van der Waals surface area (Å²) in [4.78, 5) is 10.2. The van der Waals surface area contributed by atoms with Crippen molar-refractivity contribution in [2.75, 3.05) is 0 Å². The van der Waals surface area contributed by atoms with Crippen LogP contribution in [-0.2, 0) is 11.9 Å². The van der Waals surface area contributed by atoms with Gasteiger partial charge in [0.15, 0.2) is 0 Å². The molecule has 0 saturated carbocycles. The first-order chi connectivity index (χ1) is 12.6. The average Bonchev–Trinajstić information content (AvgIpc) is 2.69. The third kappa shape index (κ3) is 6.50. The van der Waals surface area contributed by atoms with Gasteiger partial charge in [0.05, 0.1) is 16.0 Å². The highest BCUT2D eigenvalue weighted by atomic mass is 79.9. The van der Waals surface area contributed by atoms with Crippen molar-refractivity contribution in [2.45, 2.75) is 11.9 Å². The number of nitro benzene ring substituents is 1. The smallest absolute Gasteiger partial charge is 0.273 e. The Labute approximate surface area is 165 Å². The molecule has 3 aromatic rings. The zero-order valence-corrected chi connectivity index (χ0v) is 16.2. The molecule has 0 aromatic heterocycles. The van der Waals surface area contributed by atoms with E-state index in [1.165, 1.54) is 23.8 Å². The van der Waals surface area contributed by atoms with Crippen LogP contribution < -0.4 is 4.74 Å². The molecule has 0 heterocycles. The molecule has 0 bridgehead atoms. The van der Waals surface area contributed by atoms with Crippen molar-refractivity contribution in [3.8, 4) is 5.75 Å². The average molecular weight is 435 g/mol. The lowest BCUT2D eigenvalue weighted by molar-refractivity contribution is -0.384. The van der Waals surface area contributed by atoms with E-state index >= 15 is 0 Å². The lowest BCUT2D eigenvalue weighted by atomic mass is 10.2. The van der Waals surface area contributed by atoms with Crippen LogP contribution in [0.25, 0.3) is 0 Å². The Morgan fingerprint density at radius 3 is 2.00 bits per heavy atom. The van der Waals surface area contributed by atoms with Crippen molar-refractivity contribution < 1.29 is 9.66 Å². The first-order valence-electron chi connectivity index (χ1n) is 7.80. The minimum Gasteiger partial charge on any atom is -0.487 e. The number of halogens is 2. The number of non-ortho nitro benzene ring substituents is 1. The van der Waals surface area contributed by atoms with E-state index in [1.807, 2.05) is 48.5 Å². The zero-order valence-electron chi connectivity index (χ0n) is 13.8. The number of ether oxygens (including phenoxy) is 1. The Bertz CT molecular complexity index is 829. The SMILES string of the molecule is BrCc1ccccc1.O=[N+]([O-])c1ccc(Cl)c(OCc2ccccc2)c1. The Hall–Kier alpha value is -2.37. The minimum absolute atomic E-state index is 0.0394. The van der Waals surface area contributed by atoms with Crippen molar-refractivity contribution in [1.29, 1.82) is 0 Å². The van der Waals surface area contributed by atoms with Gasteiger partial charge in [0.25, 0.3) is 5.69 Å². The summed E-state index contributed by atoms with van der Waals surface area (Å²) in [6.07, 6.45) is 0. The van der Waals surface area contributed by atoms with Gasteiger partial charge in [0, 0.05) is 11.4 Å². The van der Waals surface area contributed by atoms with Crippen LogP contribution in [0, 0.1) is 10.1 Å². The summed E-state index contributed by atoms with van der Waals surface area (Å²) in [6, 6.07) is 23.9. The number of benzene rings is 3. The van der Waals surface area contributed by atoms with Crippen molar-refractivity contribution in [3.63, 3.8) is 0 Å². The summed E-state index contributed by atoms with van der Waals surface area (Å²) in [5.74, 6) is 0.315. The lowest BCUT2D eigenvalue weighted by Gasteiger charge is -2.07. The van der Waals surface area contributed by atoms with Gasteiger partial charge < -0.3 is 4.74 Å². The molecule has 4 nitrogen and oxygen atoms in total. The molecule has 0 fully saturated rings. The fraction of sp³-hybridized carbons (Fsp3) is 0.100. The van der Waals surface area contributed by atoms with Gasteiger partial charge in [-0.05, 0) is 17.2 Å². The van der Waals surface area contributed by atoms with Crippen LogP contribution in [0.2, 0.25) is 5.02 Å². The van der Waals surface area contributed by atoms with Gasteiger partial charge in [0.1, 0.15) is 12.4 Å². The normalized spacial score (nSPS) is 9.77. The van der Waals surface area contributed by atoms with Gasteiger partial charge in [-0.25, -0.2) is 0 Å². The van der Waals surface area contributed by atoms with Crippen LogP contribution in [-0.4, -0.2) is 4.92 Å². The van der Waals surface area contributed by atoms with E-state index in [0.717, 1.165) is 10.9 Å². The topological polar surface area (TPSA) is 52.4 Å². The Morgan fingerprint density at radius 2 is 1.50 bits per heavy atom. The van der Waals surface area contributed by atoms with Crippen molar-refractivity contribution >= 4 is 33.2 Å². The molecule has 0 aliphatic heterocycles. The third-order valence-corrected chi connectivity index (χ3v) is 4.32. The maximum atomic E-state index is 10.6. The molecule has 0 aliphatic rings. The molecule has 26 heavy (non-hydrogen) atoms. The molecule has 0 unspecified atom stereocenters. The van der Waals surface area contributed by atoms with Crippen molar-refractivity contribution in [3.05, 3.63) is 105 Å². The highest BCUT2D eigenvalue weighted by Crippen LogP contribution is 2.29. The Morgan fingerprint density at radius 1 is 0.923 bits per heavy atom. The van der Waals surface area contributed by atoms with Gasteiger partial charge in [0.2, 0.25) is 0 Å². The van der Waals surface area contributed by atoms with Crippen molar-refractivity contribution in [1.82, 2.24) is 0 Å². The van der Waals surface area contributed by atoms with Gasteiger partial charge in [-0.3, -0.25) is 10.1 Å². The van der Waals surface area contributed by atoms with Gasteiger partial charge in [-0.2, -0.15) is 0 Å². The summed E-state index contributed by atoms with van der Waals surface area (Å²) < 4.78 is 5.48. The quantitative estimate of drug-likeness (QED) is 0.265. The highest BCUT2D eigenvalue weighted by molar-refractivity contribution is 9.08. The molecular formula is C20H17BrClNO3. The summed E-state index contributed by atoms with van der Waals surface area (Å²) >= 11 is 9.28. The summed E-state index contributed by atoms with van der Waals surface area (Å²) in [5.41, 5.74) is 2.26. The predicted molar refractivity (Wildman–Crippen MR) is 108 cm³/mol. The maximum absolute atomic E-state index is 10.6. The van der Waals surface area contributed by atoms with Crippen LogP contribution in [0.3, 0.4) is 0 Å². The number of nitro groups is 1. The van der Waals surface area contributed by atoms with E-state index in [0.29, 0.717) is 17.4 Å². The first kappa shape index (κ1) is 19.9. The minimum atomic E-state index is -0.480. The van der Waals surface area contributed by atoms with E-state index in [4.69, 9.17) is 16.3 Å². The Kier molecular flexibility index (Phi) is 8.12. The summed E-state index contributed by atoms with van der Waals surface area (Å²) in [7, 11) is 0. The molecule has 0 amide bonds. The maximum Gasteiger partial charge on any atom is 0.273 e. The summed E-state index contributed by atoms with van der Waals surface area (Å²) in [6.45, 7) is 0.321. The molecule has 6 heteroatoms. The van der Waals surface area contributed by atoms with Crippen LogP contribution in [0.15, 0.2) is 78.9 Å². The first-order valence-corrected chi connectivity index (χ1v) is 9.30. The van der Waals surface area contributed by atoms with Crippen LogP contribution in [0.1, 0.15) is 11.1 Å². The number of rotatable bonds is 5. The van der Waals surface area contributed by atoms with E-state index in [1.54, 1.807) is 0 Å². The van der Waals surface area contributed by atoms with Crippen LogP contribution in [0.4, 0.5) is 5.69 Å². The number of alkyl halides is 1. The number of nitrogens with zero attached hydrogens (tertiary/aromatic N) is 1. The van der Waals surface area contributed by atoms with E-state index < -0.39 is 4.92 Å². The zero-order chi connectivity index (χ0) is 18.8. The molecule has 0 atom stereocenters. The van der Waals surface area contributed by atoms with Gasteiger partial charge >= 0.3 is 0 Å². The van der Waals surface area contributed by atoms with E-state index in [-0.39, 0.29) is 5.69 Å². The standard InChI is InChI=1S/C13H10ClNO3.C7H7Br/c14-12-7-6-11(15(16)17)8-13(12)18-9-10-4-2-1-3-5-10;8-6-7-4-2-1-3-5-7/h1-8H,9H2;1-5H,6H2. The molecule has 0 N–H and O–H groups in total. The second-order valence-electron chi connectivity index (χ2n) is 5.27. The fourth-order valence-corrected chi connectivity index (χ4v) is 2.56. The molecule has 0 aliphatic carbocycles. The van der Waals surface area contributed by atoms with Gasteiger partial charge in [-0.15, -0.1) is 0 Å². The number of hydrogen-bond donors (Lipinski definition) is 0. The second kappa shape index (κ2) is 10.6. The molecule has 3 aromatic carbocycles.